The van der Waals surface area contributed by atoms with Gasteiger partial charge in [0.15, 0.2) is 5.82 Å². The number of esters is 1. The molecule has 4 rings (SSSR count). The zero-order valence-electron chi connectivity index (χ0n) is 17.2. The van der Waals surface area contributed by atoms with Gasteiger partial charge in [-0.2, -0.15) is 0 Å². The van der Waals surface area contributed by atoms with Gasteiger partial charge in [-0.05, 0) is 44.2 Å². The van der Waals surface area contributed by atoms with Crippen molar-refractivity contribution in [1.29, 1.82) is 0 Å². The van der Waals surface area contributed by atoms with Gasteiger partial charge in [0.05, 0.1) is 25.8 Å². The van der Waals surface area contributed by atoms with E-state index in [4.69, 9.17) is 9.47 Å². The van der Waals surface area contributed by atoms with Gasteiger partial charge in [0.2, 0.25) is 5.95 Å². The number of cyclic esters (lactones) is 1. The molecule has 1 saturated carbocycles. The number of nitrogens with one attached hydrogen (secondary N) is 1. The van der Waals surface area contributed by atoms with Crippen molar-refractivity contribution in [2.45, 2.75) is 38.1 Å². The first-order chi connectivity index (χ1) is 15.0. The second-order valence-corrected chi connectivity index (χ2v) is 7.63. The Labute approximate surface area is 179 Å². The summed E-state index contributed by atoms with van der Waals surface area (Å²) < 4.78 is 24.4. The van der Waals surface area contributed by atoms with Crippen molar-refractivity contribution in [3.8, 4) is 11.3 Å². The zero-order chi connectivity index (χ0) is 21.8. The molecule has 0 bridgehead atoms. The van der Waals surface area contributed by atoms with Crippen LogP contribution in [0, 0.1) is 11.7 Å². The molecule has 2 aromatic rings. The molecule has 0 aromatic carbocycles. The van der Waals surface area contributed by atoms with Gasteiger partial charge in [0, 0.05) is 24.3 Å². The van der Waals surface area contributed by atoms with E-state index >= 15 is 0 Å². The van der Waals surface area contributed by atoms with Crippen LogP contribution in [0.4, 0.5) is 21.0 Å². The normalized spacial score (nSPS) is 21.4. The molecule has 2 aliphatic rings. The van der Waals surface area contributed by atoms with Crippen LogP contribution in [-0.4, -0.2) is 53.3 Å². The van der Waals surface area contributed by atoms with Crippen molar-refractivity contribution in [2.24, 2.45) is 5.92 Å². The minimum atomic E-state index is -0.571. The van der Waals surface area contributed by atoms with Gasteiger partial charge in [-0.1, -0.05) is 0 Å². The SMILES string of the molecule is COC(=O)[C@H]1CC[C@H](Nc2ncc(F)c(-c3ccnc(N4CCCOC4=O)c3)n2)CC1. The first-order valence-electron chi connectivity index (χ1n) is 10.3. The number of methoxy groups -OCH3 is 1. The van der Waals surface area contributed by atoms with E-state index in [0.717, 1.165) is 31.9 Å². The number of hydrogen-bond acceptors (Lipinski definition) is 8. The topological polar surface area (TPSA) is 107 Å². The van der Waals surface area contributed by atoms with Crippen molar-refractivity contribution in [3.05, 3.63) is 30.3 Å². The van der Waals surface area contributed by atoms with Gasteiger partial charge in [-0.3, -0.25) is 9.69 Å². The van der Waals surface area contributed by atoms with Crippen LogP contribution in [0.3, 0.4) is 0 Å². The Bertz CT molecular complexity index is 965. The Morgan fingerprint density at radius 3 is 2.84 bits per heavy atom. The fourth-order valence-corrected chi connectivity index (χ4v) is 3.93. The van der Waals surface area contributed by atoms with Crippen LogP contribution >= 0.6 is 0 Å². The van der Waals surface area contributed by atoms with E-state index in [9.17, 15) is 14.0 Å². The van der Waals surface area contributed by atoms with Crippen LogP contribution in [0.15, 0.2) is 24.5 Å². The molecular formula is C21H24FN5O4. The average Bonchev–Trinajstić information content (AvgIpc) is 2.80. The maximum absolute atomic E-state index is 14.5. The van der Waals surface area contributed by atoms with E-state index in [1.807, 2.05) is 0 Å². The summed E-state index contributed by atoms with van der Waals surface area (Å²) in [7, 11) is 1.40. The van der Waals surface area contributed by atoms with Gasteiger partial charge >= 0.3 is 12.1 Å². The fourth-order valence-electron chi connectivity index (χ4n) is 3.93. The highest BCUT2D eigenvalue weighted by atomic mass is 19.1. The standard InChI is InChI=1S/C21H24FN5O4/c1-30-19(28)13-3-5-15(6-4-13)25-20-24-12-16(22)18(26-20)14-7-8-23-17(11-14)27-9-2-10-31-21(27)29/h7-8,11-13,15H,2-6,9-10H2,1H3,(H,24,25,26)/t13-,15-. The molecule has 2 aromatic heterocycles. The summed E-state index contributed by atoms with van der Waals surface area (Å²) in [4.78, 5) is 37.7. The summed E-state index contributed by atoms with van der Waals surface area (Å²) in [6.07, 6.45) is 5.85. The van der Waals surface area contributed by atoms with Crippen LogP contribution in [0.1, 0.15) is 32.1 Å². The number of carbonyl (C=O) groups is 2. The highest BCUT2D eigenvalue weighted by molar-refractivity contribution is 5.87. The summed E-state index contributed by atoms with van der Waals surface area (Å²) >= 11 is 0. The fraction of sp³-hybridized carbons (Fsp3) is 0.476. The van der Waals surface area contributed by atoms with Crippen molar-refractivity contribution < 1.29 is 23.5 Å². The summed E-state index contributed by atoms with van der Waals surface area (Å²) in [5, 5.41) is 3.24. The van der Waals surface area contributed by atoms with Crippen molar-refractivity contribution in [1.82, 2.24) is 15.0 Å². The van der Waals surface area contributed by atoms with Crippen LogP contribution in [0.25, 0.3) is 11.3 Å². The van der Waals surface area contributed by atoms with E-state index in [1.54, 1.807) is 12.1 Å². The average molecular weight is 429 g/mol. The van der Waals surface area contributed by atoms with Gasteiger partial charge < -0.3 is 14.8 Å². The smallest absolute Gasteiger partial charge is 0.415 e. The lowest BCUT2D eigenvalue weighted by molar-refractivity contribution is -0.146. The molecule has 0 unspecified atom stereocenters. The Morgan fingerprint density at radius 1 is 1.29 bits per heavy atom. The summed E-state index contributed by atoms with van der Waals surface area (Å²) in [6.45, 7) is 0.870. The lowest BCUT2D eigenvalue weighted by Crippen LogP contribution is -2.38. The monoisotopic (exact) mass is 429 g/mol. The minimum Gasteiger partial charge on any atom is -0.469 e. The molecular weight excluding hydrogens is 405 g/mol. The molecule has 1 saturated heterocycles. The van der Waals surface area contributed by atoms with Crippen molar-refractivity contribution >= 4 is 23.8 Å². The quantitative estimate of drug-likeness (QED) is 0.723. The highest BCUT2D eigenvalue weighted by Crippen LogP contribution is 2.29. The Hall–Kier alpha value is -3.30. The van der Waals surface area contributed by atoms with E-state index in [0.29, 0.717) is 36.9 Å². The maximum Gasteiger partial charge on any atom is 0.415 e. The largest absolute Gasteiger partial charge is 0.469 e. The highest BCUT2D eigenvalue weighted by Gasteiger charge is 2.27. The summed E-state index contributed by atoms with van der Waals surface area (Å²) in [6, 6.07) is 3.34. The van der Waals surface area contributed by atoms with Crippen LogP contribution in [0.2, 0.25) is 0 Å². The Balaban J connectivity index is 1.49. The summed E-state index contributed by atoms with van der Waals surface area (Å²) in [5.74, 6) is -0.128. The first kappa shape index (κ1) is 21.0. The van der Waals surface area contributed by atoms with E-state index in [-0.39, 0.29) is 23.6 Å². The number of halogens is 1. The van der Waals surface area contributed by atoms with E-state index < -0.39 is 11.9 Å². The molecule has 1 aliphatic carbocycles. The Kier molecular flexibility index (Phi) is 6.24. The lowest BCUT2D eigenvalue weighted by atomic mass is 9.86. The molecule has 3 heterocycles. The molecule has 9 nitrogen and oxygen atoms in total. The molecule has 0 atom stereocenters. The van der Waals surface area contributed by atoms with E-state index in [2.05, 4.69) is 20.3 Å². The molecule has 1 aliphatic heterocycles. The molecule has 164 valence electrons. The number of ether oxygens (including phenoxy) is 2. The molecule has 2 fully saturated rings. The second kappa shape index (κ2) is 9.23. The van der Waals surface area contributed by atoms with Crippen LogP contribution in [0.5, 0.6) is 0 Å². The van der Waals surface area contributed by atoms with Gasteiger partial charge in [-0.15, -0.1) is 0 Å². The number of aromatic nitrogens is 3. The number of amides is 1. The molecule has 31 heavy (non-hydrogen) atoms. The minimum absolute atomic E-state index is 0.0792. The molecule has 0 spiro atoms. The third-order valence-electron chi connectivity index (χ3n) is 5.61. The first-order valence-corrected chi connectivity index (χ1v) is 10.3. The molecule has 0 radical (unpaired) electrons. The number of anilines is 2. The third-order valence-corrected chi connectivity index (χ3v) is 5.61. The van der Waals surface area contributed by atoms with Gasteiger partial charge in [-0.25, -0.2) is 24.1 Å². The maximum atomic E-state index is 14.5. The molecule has 10 heteroatoms. The number of nitrogens with zero attached hydrogens (tertiary/aromatic N) is 4. The summed E-state index contributed by atoms with van der Waals surface area (Å²) in [5.41, 5.74) is 0.607. The third kappa shape index (κ3) is 4.73. The van der Waals surface area contributed by atoms with Crippen LogP contribution < -0.4 is 10.2 Å². The number of carbonyl (C=O) groups excluding carboxylic acids is 2. The van der Waals surface area contributed by atoms with Crippen molar-refractivity contribution in [2.75, 3.05) is 30.5 Å². The van der Waals surface area contributed by atoms with Gasteiger partial charge in [0.1, 0.15) is 11.5 Å². The van der Waals surface area contributed by atoms with Gasteiger partial charge in [0.25, 0.3) is 0 Å². The zero-order valence-corrected chi connectivity index (χ0v) is 17.2. The number of rotatable bonds is 5. The number of pyridine rings is 1. The molecule has 1 amide bonds. The van der Waals surface area contributed by atoms with E-state index in [1.165, 1.54) is 18.2 Å². The van der Waals surface area contributed by atoms with Crippen LogP contribution in [-0.2, 0) is 14.3 Å². The predicted octanol–water partition coefficient (Wildman–Crippen LogP) is 3.17. The van der Waals surface area contributed by atoms with Crippen molar-refractivity contribution in [3.63, 3.8) is 0 Å². The predicted molar refractivity (Wildman–Crippen MR) is 110 cm³/mol. The molecule has 1 N–H and O–H groups in total. The number of hydrogen-bond donors (Lipinski definition) is 1. The Morgan fingerprint density at radius 2 is 2.10 bits per heavy atom. The lowest BCUT2D eigenvalue weighted by Gasteiger charge is -2.27. The second-order valence-electron chi connectivity index (χ2n) is 7.63.